The smallest absolute Gasteiger partial charge is 0.221 e. The molecule has 0 unspecified atom stereocenters. The van der Waals surface area contributed by atoms with Gasteiger partial charge in [0.1, 0.15) is 0 Å². The first-order valence-electron chi connectivity index (χ1n) is 9.89. The first-order chi connectivity index (χ1) is 13.2. The predicted molar refractivity (Wildman–Crippen MR) is 113 cm³/mol. The number of hydrogen-bond acceptors (Lipinski definition) is 3. The van der Waals surface area contributed by atoms with E-state index in [1.165, 1.54) is 5.56 Å². The average Bonchev–Trinajstić information content (AvgIpc) is 2.71. The van der Waals surface area contributed by atoms with Crippen molar-refractivity contribution in [2.45, 2.75) is 19.8 Å². The van der Waals surface area contributed by atoms with E-state index in [1.807, 2.05) is 6.07 Å². The molecule has 0 spiro atoms. The van der Waals surface area contributed by atoms with Crippen LogP contribution in [-0.4, -0.2) is 74.5 Å². The minimum atomic E-state index is 0.0924. The van der Waals surface area contributed by atoms with Crippen LogP contribution >= 0.6 is 0 Å². The first-order valence-corrected chi connectivity index (χ1v) is 9.89. The lowest BCUT2D eigenvalue weighted by Crippen LogP contribution is -2.52. The molecule has 0 saturated carbocycles. The Hall–Kier alpha value is -2.34. The molecule has 6 nitrogen and oxygen atoms in total. The van der Waals surface area contributed by atoms with Gasteiger partial charge in [0.25, 0.3) is 0 Å². The van der Waals surface area contributed by atoms with E-state index in [0.717, 1.165) is 51.6 Å². The van der Waals surface area contributed by atoms with Gasteiger partial charge in [-0.15, -0.1) is 0 Å². The third-order valence-corrected chi connectivity index (χ3v) is 4.56. The van der Waals surface area contributed by atoms with Gasteiger partial charge >= 0.3 is 0 Å². The maximum atomic E-state index is 11.7. The summed E-state index contributed by atoms with van der Waals surface area (Å²) >= 11 is 0. The van der Waals surface area contributed by atoms with E-state index in [1.54, 1.807) is 7.05 Å². The second kappa shape index (κ2) is 12.1. The number of guanidine groups is 1. The van der Waals surface area contributed by atoms with Crippen LogP contribution < -0.4 is 10.6 Å². The van der Waals surface area contributed by atoms with E-state index in [4.69, 9.17) is 0 Å². The van der Waals surface area contributed by atoms with Crippen LogP contribution in [0.5, 0.6) is 0 Å². The van der Waals surface area contributed by atoms with Crippen LogP contribution in [0.15, 0.2) is 41.4 Å². The third-order valence-electron chi connectivity index (χ3n) is 4.56. The molecule has 27 heavy (non-hydrogen) atoms. The lowest BCUT2D eigenvalue weighted by atomic mass is 10.2. The fraction of sp³-hybridized carbons (Fsp3) is 0.524. The van der Waals surface area contributed by atoms with Crippen molar-refractivity contribution in [3.8, 4) is 0 Å². The van der Waals surface area contributed by atoms with Gasteiger partial charge in [0, 0.05) is 59.3 Å². The van der Waals surface area contributed by atoms with Gasteiger partial charge in [-0.05, 0) is 12.0 Å². The van der Waals surface area contributed by atoms with Crippen LogP contribution in [0.3, 0.4) is 0 Å². The Balaban J connectivity index is 1.67. The number of nitrogens with one attached hydrogen (secondary N) is 2. The number of benzene rings is 1. The summed E-state index contributed by atoms with van der Waals surface area (Å²) in [6.45, 7) is 8.29. The van der Waals surface area contributed by atoms with Crippen molar-refractivity contribution >= 4 is 17.9 Å². The largest absolute Gasteiger partial charge is 0.356 e. The molecule has 2 rings (SSSR count). The number of carbonyl (C=O) groups is 1. The maximum Gasteiger partial charge on any atom is 0.221 e. The zero-order valence-corrected chi connectivity index (χ0v) is 16.7. The fourth-order valence-electron chi connectivity index (χ4n) is 3.02. The highest BCUT2D eigenvalue weighted by Crippen LogP contribution is 2.05. The molecule has 1 aliphatic rings. The van der Waals surface area contributed by atoms with Crippen molar-refractivity contribution in [2.24, 2.45) is 4.99 Å². The highest BCUT2D eigenvalue weighted by Gasteiger charge is 2.18. The summed E-state index contributed by atoms with van der Waals surface area (Å²) in [5, 5.41) is 6.20. The molecular weight excluding hydrogens is 338 g/mol. The number of piperazine rings is 1. The molecule has 6 heteroatoms. The van der Waals surface area contributed by atoms with Crippen molar-refractivity contribution < 1.29 is 4.79 Å². The Labute approximate surface area is 163 Å². The topological polar surface area (TPSA) is 60.0 Å². The maximum absolute atomic E-state index is 11.7. The van der Waals surface area contributed by atoms with Crippen molar-refractivity contribution in [2.75, 3.05) is 52.9 Å². The van der Waals surface area contributed by atoms with Crippen molar-refractivity contribution in [1.29, 1.82) is 0 Å². The van der Waals surface area contributed by atoms with Crippen LogP contribution in [0.1, 0.15) is 25.3 Å². The standard InChI is InChI=1S/C21H33N5O/c1-3-12-23-20(27)11-13-24-21(22-2)26-17-15-25(16-18-26)14-7-10-19-8-5-4-6-9-19/h4-10H,3,11-18H2,1-2H3,(H,22,24)(H,23,27). The van der Waals surface area contributed by atoms with E-state index < -0.39 is 0 Å². The average molecular weight is 372 g/mol. The molecule has 1 heterocycles. The minimum absolute atomic E-state index is 0.0924. The molecule has 1 saturated heterocycles. The SMILES string of the molecule is CCCNC(=O)CCNC(=NC)N1CCN(CC=Cc2ccccc2)CC1. The Kier molecular flexibility index (Phi) is 9.41. The molecule has 1 amide bonds. The van der Waals surface area contributed by atoms with Crippen LogP contribution in [0, 0.1) is 0 Å². The Bertz CT molecular complexity index is 606. The molecule has 148 valence electrons. The number of aliphatic imine (C=N–C) groups is 1. The van der Waals surface area contributed by atoms with Crippen molar-refractivity contribution in [3.05, 3.63) is 42.0 Å². The summed E-state index contributed by atoms with van der Waals surface area (Å²) in [7, 11) is 1.80. The Morgan fingerprint density at radius 3 is 2.52 bits per heavy atom. The highest BCUT2D eigenvalue weighted by atomic mass is 16.1. The molecule has 1 aliphatic heterocycles. The zero-order valence-electron chi connectivity index (χ0n) is 16.7. The molecule has 2 N–H and O–H groups in total. The minimum Gasteiger partial charge on any atom is -0.356 e. The van der Waals surface area contributed by atoms with Crippen LogP contribution in [0.4, 0.5) is 0 Å². The van der Waals surface area contributed by atoms with E-state index in [9.17, 15) is 4.79 Å². The van der Waals surface area contributed by atoms with E-state index >= 15 is 0 Å². The molecule has 0 bridgehead atoms. The van der Waals surface area contributed by atoms with E-state index in [-0.39, 0.29) is 5.91 Å². The van der Waals surface area contributed by atoms with Gasteiger partial charge in [0.15, 0.2) is 5.96 Å². The second-order valence-corrected chi connectivity index (χ2v) is 6.67. The fourth-order valence-corrected chi connectivity index (χ4v) is 3.02. The summed E-state index contributed by atoms with van der Waals surface area (Å²) < 4.78 is 0. The molecule has 0 aromatic heterocycles. The molecule has 0 aliphatic carbocycles. The molecule has 1 fully saturated rings. The lowest BCUT2D eigenvalue weighted by Gasteiger charge is -2.36. The monoisotopic (exact) mass is 371 g/mol. The summed E-state index contributed by atoms with van der Waals surface area (Å²) in [4.78, 5) is 20.8. The van der Waals surface area contributed by atoms with Crippen molar-refractivity contribution in [3.63, 3.8) is 0 Å². The van der Waals surface area contributed by atoms with Gasteiger partial charge in [-0.2, -0.15) is 0 Å². The van der Waals surface area contributed by atoms with Gasteiger partial charge < -0.3 is 15.5 Å². The number of rotatable bonds is 8. The van der Waals surface area contributed by atoms with E-state index in [2.05, 4.69) is 68.8 Å². The number of amides is 1. The summed E-state index contributed by atoms with van der Waals surface area (Å²) in [5.41, 5.74) is 1.24. The summed E-state index contributed by atoms with van der Waals surface area (Å²) in [5.74, 6) is 0.979. The van der Waals surface area contributed by atoms with Gasteiger partial charge in [-0.25, -0.2) is 0 Å². The molecule has 0 radical (unpaired) electrons. The number of carbonyl (C=O) groups excluding carboxylic acids is 1. The van der Waals surface area contributed by atoms with Gasteiger partial charge in [-0.1, -0.05) is 49.4 Å². The Morgan fingerprint density at radius 2 is 1.85 bits per heavy atom. The highest BCUT2D eigenvalue weighted by molar-refractivity contribution is 5.81. The molecular formula is C21H33N5O. The summed E-state index contributed by atoms with van der Waals surface area (Å²) in [6, 6.07) is 10.4. The van der Waals surface area contributed by atoms with Gasteiger partial charge in [0.05, 0.1) is 0 Å². The first kappa shape index (κ1) is 21.0. The number of hydrogen-bond donors (Lipinski definition) is 2. The predicted octanol–water partition coefficient (Wildman–Crippen LogP) is 1.81. The quantitative estimate of drug-likeness (QED) is 0.540. The number of nitrogens with zero attached hydrogens (tertiary/aromatic N) is 3. The Morgan fingerprint density at radius 1 is 1.11 bits per heavy atom. The van der Waals surface area contributed by atoms with Crippen LogP contribution in [0.2, 0.25) is 0 Å². The lowest BCUT2D eigenvalue weighted by molar-refractivity contribution is -0.120. The van der Waals surface area contributed by atoms with Gasteiger partial charge in [-0.3, -0.25) is 14.7 Å². The second-order valence-electron chi connectivity index (χ2n) is 6.67. The third kappa shape index (κ3) is 7.83. The van der Waals surface area contributed by atoms with E-state index in [0.29, 0.717) is 13.0 Å². The van der Waals surface area contributed by atoms with Crippen LogP contribution in [-0.2, 0) is 4.79 Å². The normalized spacial score (nSPS) is 15.9. The molecule has 1 aromatic rings. The summed E-state index contributed by atoms with van der Waals surface area (Å²) in [6.07, 6.45) is 5.85. The van der Waals surface area contributed by atoms with Crippen LogP contribution in [0.25, 0.3) is 6.08 Å². The molecule has 1 aromatic carbocycles. The zero-order chi connectivity index (χ0) is 19.3. The van der Waals surface area contributed by atoms with Crippen molar-refractivity contribution in [1.82, 2.24) is 20.4 Å². The molecule has 0 atom stereocenters. The van der Waals surface area contributed by atoms with Gasteiger partial charge in [0.2, 0.25) is 5.91 Å².